The van der Waals surface area contributed by atoms with Gasteiger partial charge in [-0.15, -0.1) is 0 Å². The summed E-state index contributed by atoms with van der Waals surface area (Å²) in [6.07, 6.45) is -4.41. The second-order valence-electron chi connectivity index (χ2n) is 3.61. The van der Waals surface area contributed by atoms with Crippen molar-refractivity contribution < 1.29 is 22.7 Å². The Hall–Kier alpha value is -1.76. The second-order valence-corrected chi connectivity index (χ2v) is 3.61. The van der Waals surface area contributed by atoms with Gasteiger partial charge in [0, 0.05) is 0 Å². The first-order valence-electron chi connectivity index (χ1n) is 5.07. The summed E-state index contributed by atoms with van der Waals surface area (Å²) in [5.41, 5.74) is 5.41. The van der Waals surface area contributed by atoms with Crippen molar-refractivity contribution in [3.8, 4) is 5.75 Å². The predicted octanol–water partition coefficient (Wildman–Crippen LogP) is 1.37. The Bertz CT molecular complexity index is 421. The molecule has 0 radical (unpaired) electrons. The van der Waals surface area contributed by atoms with Crippen LogP contribution in [0.15, 0.2) is 24.3 Å². The van der Waals surface area contributed by atoms with E-state index in [4.69, 9.17) is 10.5 Å². The normalized spacial score (nSPS) is 13.1. The fourth-order valence-corrected chi connectivity index (χ4v) is 1.42. The number of rotatable bonds is 5. The van der Waals surface area contributed by atoms with Crippen LogP contribution in [0.2, 0.25) is 0 Å². The highest BCUT2D eigenvalue weighted by molar-refractivity contribution is 5.81. The van der Waals surface area contributed by atoms with Gasteiger partial charge in [-0.1, -0.05) is 12.1 Å². The third-order valence-electron chi connectivity index (χ3n) is 2.22. The number of amides is 1. The summed E-state index contributed by atoms with van der Waals surface area (Å²) in [6.45, 7) is -1.29. The predicted molar refractivity (Wildman–Crippen MR) is 59.0 cm³/mol. The van der Waals surface area contributed by atoms with Crippen molar-refractivity contribution in [2.24, 2.45) is 5.73 Å². The number of primary amides is 1. The van der Waals surface area contributed by atoms with Crippen LogP contribution in [-0.2, 0) is 4.79 Å². The molecule has 18 heavy (non-hydrogen) atoms. The molecule has 0 heterocycles. The molecule has 0 aromatic heterocycles. The maximum Gasteiger partial charge on any atom is 0.401 e. The Kier molecular flexibility index (Phi) is 4.55. The van der Waals surface area contributed by atoms with Gasteiger partial charge in [0.25, 0.3) is 0 Å². The van der Waals surface area contributed by atoms with Crippen LogP contribution in [-0.4, -0.2) is 25.7 Å². The highest BCUT2D eigenvalue weighted by atomic mass is 19.4. The summed E-state index contributed by atoms with van der Waals surface area (Å²) in [7, 11) is 1.42. The Labute approximate surface area is 102 Å². The van der Waals surface area contributed by atoms with E-state index >= 15 is 0 Å². The summed E-state index contributed by atoms with van der Waals surface area (Å²) < 4.78 is 41.2. The Morgan fingerprint density at radius 1 is 1.50 bits per heavy atom. The van der Waals surface area contributed by atoms with Crippen LogP contribution in [0.4, 0.5) is 13.2 Å². The van der Waals surface area contributed by atoms with Crippen molar-refractivity contribution in [1.29, 1.82) is 0 Å². The molecule has 3 N–H and O–H groups in total. The number of methoxy groups -OCH3 is 1. The van der Waals surface area contributed by atoms with E-state index in [1.54, 1.807) is 12.1 Å². The summed E-state index contributed by atoms with van der Waals surface area (Å²) in [5, 5.41) is 2.07. The van der Waals surface area contributed by atoms with E-state index in [1.165, 1.54) is 19.2 Å². The van der Waals surface area contributed by atoms with Crippen molar-refractivity contribution in [3.63, 3.8) is 0 Å². The van der Waals surface area contributed by atoms with Crippen molar-refractivity contribution in [1.82, 2.24) is 5.32 Å². The molecule has 0 aliphatic heterocycles. The average molecular weight is 262 g/mol. The van der Waals surface area contributed by atoms with Gasteiger partial charge in [-0.05, 0) is 17.7 Å². The molecule has 0 saturated heterocycles. The van der Waals surface area contributed by atoms with Gasteiger partial charge in [0.05, 0.1) is 13.7 Å². The molecule has 1 aromatic carbocycles. The summed E-state index contributed by atoms with van der Waals surface area (Å²) in [5.74, 6) is -0.444. The van der Waals surface area contributed by atoms with Crippen LogP contribution in [0.3, 0.4) is 0 Å². The van der Waals surface area contributed by atoms with Gasteiger partial charge >= 0.3 is 6.18 Å². The lowest BCUT2D eigenvalue weighted by molar-refractivity contribution is -0.130. The van der Waals surface area contributed by atoms with Crippen LogP contribution in [0.5, 0.6) is 5.75 Å². The van der Waals surface area contributed by atoms with E-state index in [9.17, 15) is 18.0 Å². The number of nitrogens with two attached hydrogens (primary N) is 1. The van der Waals surface area contributed by atoms with E-state index in [2.05, 4.69) is 5.32 Å². The zero-order valence-corrected chi connectivity index (χ0v) is 9.62. The highest BCUT2D eigenvalue weighted by Gasteiger charge is 2.30. The Morgan fingerprint density at radius 3 is 2.67 bits per heavy atom. The standard InChI is InChI=1S/C11H13F3N2O2/c1-18-8-4-2-3-7(5-8)9(10(15)17)16-6-11(12,13)14/h2-5,9,16H,6H2,1H3,(H2,15,17). The molecule has 1 amide bonds. The van der Waals surface area contributed by atoms with Crippen molar-refractivity contribution in [2.45, 2.75) is 12.2 Å². The van der Waals surface area contributed by atoms with Crippen LogP contribution in [0.1, 0.15) is 11.6 Å². The number of hydrogen-bond donors (Lipinski definition) is 2. The minimum atomic E-state index is -4.41. The number of carbonyl (C=O) groups is 1. The van der Waals surface area contributed by atoms with Gasteiger partial charge in [-0.25, -0.2) is 0 Å². The molecule has 1 unspecified atom stereocenters. The number of halogens is 3. The molecule has 0 fully saturated rings. The first-order valence-corrected chi connectivity index (χ1v) is 5.07. The summed E-state index contributed by atoms with van der Waals surface area (Å²) in [4.78, 5) is 11.2. The number of carbonyl (C=O) groups excluding carboxylic acids is 1. The van der Waals surface area contributed by atoms with Crippen LogP contribution < -0.4 is 15.8 Å². The maximum absolute atomic E-state index is 12.1. The minimum Gasteiger partial charge on any atom is -0.497 e. The largest absolute Gasteiger partial charge is 0.497 e. The second kappa shape index (κ2) is 5.72. The van der Waals surface area contributed by atoms with E-state index in [1.807, 2.05) is 0 Å². The zero-order chi connectivity index (χ0) is 13.8. The Morgan fingerprint density at radius 2 is 2.17 bits per heavy atom. The topological polar surface area (TPSA) is 64.3 Å². The number of ether oxygens (including phenoxy) is 1. The van der Waals surface area contributed by atoms with Gasteiger partial charge in [0.2, 0.25) is 5.91 Å². The fourth-order valence-electron chi connectivity index (χ4n) is 1.42. The van der Waals surface area contributed by atoms with E-state index in [0.717, 1.165) is 0 Å². The van der Waals surface area contributed by atoms with Crippen LogP contribution in [0, 0.1) is 0 Å². The fraction of sp³-hybridized carbons (Fsp3) is 0.364. The number of hydrogen-bond acceptors (Lipinski definition) is 3. The molecule has 1 aromatic rings. The third-order valence-corrected chi connectivity index (χ3v) is 2.22. The molecular weight excluding hydrogens is 249 g/mol. The zero-order valence-electron chi connectivity index (χ0n) is 9.62. The number of nitrogens with one attached hydrogen (secondary N) is 1. The molecule has 7 heteroatoms. The monoisotopic (exact) mass is 262 g/mol. The SMILES string of the molecule is COc1cccc(C(NCC(F)(F)F)C(N)=O)c1. The van der Waals surface area contributed by atoms with E-state index in [0.29, 0.717) is 11.3 Å². The minimum absolute atomic E-state index is 0.325. The molecular formula is C11H13F3N2O2. The first kappa shape index (κ1) is 14.3. The van der Waals surface area contributed by atoms with E-state index < -0.39 is 24.7 Å². The average Bonchev–Trinajstić information content (AvgIpc) is 2.27. The van der Waals surface area contributed by atoms with Crippen molar-refractivity contribution in [3.05, 3.63) is 29.8 Å². The van der Waals surface area contributed by atoms with E-state index in [-0.39, 0.29) is 0 Å². The molecule has 0 aliphatic rings. The lowest BCUT2D eigenvalue weighted by atomic mass is 10.1. The molecule has 0 spiro atoms. The highest BCUT2D eigenvalue weighted by Crippen LogP contribution is 2.21. The quantitative estimate of drug-likeness (QED) is 0.842. The summed E-state index contributed by atoms with van der Waals surface area (Å²) in [6, 6.07) is 4.94. The van der Waals surface area contributed by atoms with Crippen molar-refractivity contribution >= 4 is 5.91 Å². The third kappa shape index (κ3) is 4.25. The van der Waals surface area contributed by atoms with Gasteiger partial charge in [-0.3, -0.25) is 10.1 Å². The summed E-state index contributed by atoms with van der Waals surface area (Å²) >= 11 is 0. The molecule has 100 valence electrons. The molecule has 0 saturated carbocycles. The van der Waals surface area contributed by atoms with Crippen LogP contribution >= 0.6 is 0 Å². The number of benzene rings is 1. The molecule has 4 nitrogen and oxygen atoms in total. The molecule has 1 rings (SSSR count). The van der Waals surface area contributed by atoms with Gasteiger partial charge in [0.15, 0.2) is 0 Å². The van der Waals surface area contributed by atoms with Gasteiger partial charge in [-0.2, -0.15) is 13.2 Å². The Balaban J connectivity index is 2.87. The lowest BCUT2D eigenvalue weighted by Gasteiger charge is -2.17. The smallest absolute Gasteiger partial charge is 0.401 e. The molecule has 0 aliphatic carbocycles. The van der Waals surface area contributed by atoms with Crippen molar-refractivity contribution in [2.75, 3.05) is 13.7 Å². The van der Waals surface area contributed by atoms with Gasteiger partial charge < -0.3 is 10.5 Å². The van der Waals surface area contributed by atoms with Crippen LogP contribution in [0.25, 0.3) is 0 Å². The maximum atomic E-state index is 12.1. The molecule has 1 atom stereocenters. The van der Waals surface area contributed by atoms with Gasteiger partial charge in [0.1, 0.15) is 11.8 Å². The lowest BCUT2D eigenvalue weighted by Crippen LogP contribution is -2.38. The number of alkyl halides is 3. The molecule has 0 bridgehead atoms. The first-order chi connectivity index (χ1) is 8.33.